The van der Waals surface area contributed by atoms with Crippen molar-refractivity contribution in [2.24, 2.45) is 0 Å². The maximum absolute atomic E-state index is 8.98. The van der Waals surface area contributed by atoms with Crippen molar-refractivity contribution in [2.75, 3.05) is 6.61 Å². The molecule has 1 aromatic rings. The summed E-state index contributed by atoms with van der Waals surface area (Å²) in [6.07, 6.45) is 0.772. The first-order valence-corrected chi connectivity index (χ1v) is 7.42. The third-order valence-electron chi connectivity index (χ3n) is 2.80. The Hall–Kier alpha value is -0.510. The minimum absolute atomic E-state index is 0.0138. The topological polar surface area (TPSA) is 32.3 Å². The zero-order valence-electron chi connectivity index (χ0n) is 11.9. The Morgan fingerprint density at radius 2 is 1.83 bits per heavy atom. The Morgan fingerprint density at radius 3 is 2.33 bits per heavy atom. The molecule has 0 saturated carbocycles. The van der Waals surface area contributed by atoms with E-state index in [0.717, 1.165) is 13.0 Å². The summed E-state index contributed by atoms with van der Waals surface area (Å²) >= 11 is 1.89. The third-order valence-corrected chi connectivity index (χ3v) is 3.82. The molecular formula is C15H25NOS. The Balaban J connectivity index is 2.48. The van der Waals surface area contributed by atoms with Gasteiger partial charge in [-0.05, 0) is 38.0 Å². The lowest BCUT2D eigenvalue weighted by atomic mass is 10.0. The normalized spacial score (nSPS) is 12.1. The minimum atomic E-state index is -0.0138. The van der Waals surface area contributed by atoms with Gasteiger partial charge >= 0.3 is 0 Å². The fourth-order valence-corrected chi connectivity index (χ4v) is 2.50. The van der Waals surface area contributed by atoms with Gasteiger partial charge in [0.15, 0.2) is 0 Å². The van der Waals surface area contributed by atoms with Gasteiger partial charge in [0.2, 0.25) is 0 Å². The molecule has 0 saturated heterocycles. The second-order valence-corrected chi connectivity index (χ2v) is 7.17. The van der Waals surface area contributed by atoms with Gasteiger partial charge in [0.05, 0.1) is 0 Å². The van der Waals surface area contributed by atoms with Gasteiger partial charge in [-0.25, -0.2) is 0 Å². The molecule has 0 bridgehead atoms. The third kappa shape index (κ3) is 5.89. The molecule has 1 rings (SSSR count). The van der Waals surface area contributed by atoms with E-state index in [9.17, 15) is 0 Å². The molecule has 2 nitrogen and oxygen atoms in total. The molecule has 3 heteroatoms. The Labute approximate surface area is 115 Å². The summed E-state index contributed by atoms with van der Waals surface area (Å²) in [6.45, 7) is 9.72. The molecule has 0 spiro atoms. The van der Waals surface area contributed by atoms with Crippen molar-refractivity contribution in [1.82, 2.24) is 5.32 Å². The van der Waals surface area contributed by atoms with Gasteiger partial charge in [-0.1, -0.05) is 26.0 Å². The van der Waals surface area contributed by atoms with Crippen LogP contribution in [0.5, 0.6) is 0 Å². The standard InChI is InChI=1S/C15H25NOS/c1-12(2)18-14-7-5-13(6-8-14)11-16-15(3,4)9-10-17/h5-8,12,16-17H,9-11H2,1-4H3. The van der Waals surface area contributed by atoms with Crippen LogP contribution in [0.15, 0.2) is 29.2 Å². The lowest BCUT2D eigenvalue weighted by Crippen LogP contribution is -2.39. The highest BCUT2D eigenvalue weighted by Crippen LogP contribution is 2.23. The van der Waals surface area contributed by atoms with Crippen LogP contribution in [-0.4, -0.2) is 22.5 Å². The summed E-state index contributed by atoms with van der Waals surface area (Å²) in [6, 6.07) is 8.71. The predicted octanol–water partition coefficient (Wildman–Crippen LogP) is 3.44. The van der Waals surface area contributed by atoms with Gasteiger partial charge in [0, 0.05) is 28.8 Å². The lowest BCUT2D eigenvalue weighted by Gasteiger charge is -2.25. The molecule has 2 N–H and O–H groups in total. The molecule has 102 valence electrons. The summed E-state index contributed by atoms with van der Waals surface area (Å²) < 4.78 is 0. The van der Waals surface area contributed by atoms with Crippen LogP contribution in [0.25, 0.3) is 0 Å². The number of hydrogen-bond acceptors (Lipinski definition) is 3. The lowest BCUT2D eigenvalue weighted by molar-refractivity contribution is 0.230. The molecule has 18 heavy (non-hydrogen) atoms. The maximum Gasteiger partial charge on any atom is 0.0448 e. The van der Waals surface area contributed by atoms with Gasteiger partial charge in [-0.2, -0.15) is 0 Å². The van der Waals surface area contributed by atoms with Crippen molar-refractivity contribution in [2.45, 2.75) is 56.3 Å². The van der Waals surface area contributed by atoms with E-state index in [0.29, 0.717) is 5.25 Å². The average Bonchev–Trinajstić information content (AvgIpc) is 2.27. The SMILES string of the molecule is CC(C)Sc1ccc(CNC(C)(C)CCO)cc1. The molecule has 0 heterocycles. The number of rotatable bonds is 7. The Kier molecular flexibility index (Phi) is 6.19. The highest BCUT2D eigenvalue weighted by molar-refractivity contribution is 7.99. The van der Waals surface area contributed by atoms with Crippen LogP contribution in [0, 0.1) is 0 Å². The summed E-state index contributed by atoms with van der Waals surface area (Å²) in [7, 11) is 0. The van der Waals surface area contributed by atoms with Gasteiger partial charge < -0.3 is 10.4 Å². The molecular weight excluding hydrogens is 242 g/mol. The molecule has 0 radical (unpaired) electrons. The van der Waals surface area contributed by atoms with E-state index in [2.05, 4.69) is 57.3 Å². The largest absolute Gasteiger partial charge is 0.396 e. The first kappa shape index (κ1) is 15.5. The fraction of sp³-hybridized carbons (Fsp3) is 0.600. The van der Waals surface area contributed by atoms with E-state index in [4.69, 9.17) is 5.11 Å². The number of aliphatic hydroxyl groups excluding tert-OH is 1. The van der Waals surface area contributed by atoms with Crippen LogP contribution in [0.2, 0.25) is 0 Å². The highest BCUT2D eigenvalue weighted by atomic mass is 32.2. The zero-order valence-corrected chi connectivity index (χ0v) is 12.7. The van der Waals surface area contributed by atoms with E-state index in [1.54, 1.807) is 0 Å². The molecule has 1 aromatic carbocycles. The molecule has 0 aromatic heterocycles. The molecule has 0 aliphatic rings. The quantitative estimate of drug-likeness (QED) is 0.742. The van der Waals surface area contributed by atoms with Gasteiger partial charge in [-0.15, -0.1) is 11.8 Å². The number of thioether (sulfide) groups is 1. The number of aliphatic hydroxyl groups is 1. The van der Waals surface area contributed by atoms with Crippen LogP contribution in [0.4, 0.5) is 0 Å². The Morgan fingerprint density at radius 1 is 1.22 bits per heavy atom. The van der Waals surface area contributed by atoms with Crippen molar-refractivity contribution in [3.63, 3.8) is 0 Å². The van der Waals surface area contributed by atoms with Crippen LogP contribution >= 0.6 is 11.8 Å². The van der Waals surface area contributed by atoms with E-state index < -0.39 is 0 Å². The summed E-state index contributed by atoms with van der Waals surface area (Å²) in [5.41, 5.74) is 1.27. The molecule has 0 atom stereocenters. The van der Waals surface area contributed by atoms with Crippen LogP contribution in [-0.2, 0) is 6.54 Å². The molecule has 0 fully saturated rings. The van der Waals surface area contributed by atoms with E-state index in [1.165, 1.54) is 10.5 Å². The van der Waals surface area contributed by atoms with Gasteiger partial charge in [0.25, 0.3) is 0 Å². The van der Waals surface area contributed by atoms with Crippen molar-refractivity contribution in [3.8, 4) is 0 Å². The van der Waals surface area contributed by atoms with Gasteiger partial charge in [0.1, 0.15) is 0 Å². The molecule has 0 aliphatic heterocycles. The van der Waals surface area contributed by atoms with Crippen LogP contribution in [0.1, 0.15) is 39.7 Å². The van der Waals surface area contributed by atoms with Crippen molar-refractivity contribution in [3.05, 3.63) is 29.8 Å². The molecule has 0 aliphatic carbocycles. The number of hydrogen-bond donors (Lipinski definition) is 2. The van der Waals surface area contributed by atoms with Crippen molar-refractivity contribution in [1.29, 1.82) is 0 Å². The molecule has 0 amide bonds. The first-order valence-electron chi connectivity index (χ1n) is 6.54. The van der Waals surface area contributed by atoms with Crippen LogP contribution in [0.3, 0.4) is 0 Å². The van der Waals surface area contributed by atoms with Crippen LogP contribution < -0.4 is 5.32 Å². The highest BCUT2D eigenvalue weighted by Gasteiger charge is 2.15. The second kappa shape index (κ2) is 7.17. The summed E-state index contributed by atoms with van der Waals surface area (Å²) in [4.78, 5) is 1.32. The Bertz CT molecular complexity index is 346. The van der Waals surface area contributed by atoms with Crippen molar-refractivity contribution < 1.29 is 5.11 Å². The van der Waals surface area contributed by atoms with E-state index in [-0.39, 0.29) is 12.1 Å². The maximum atomic E-state index is 8.98. The van der Waals surface area contributed by atoms with E-state index in [1.807, 2.05) is 11.8 Å². The summed E-state index contributed by atoms with van der Waals surface area (Å²) in [5.74, 6) is 0. The zero-order chi connectivity index (χ0) is 13.6. The molecule has 0 unspecified atom stereocenters. The van der Waals surface area contributed by atoms with Crippen molar-refractivity contribution >= 4 is 11.8 Å². The van der Waals surface area contributed by atoms with Gasteiger partial charge in [-0.3, -0.25) is 0 Å². The average molecular weight is 267 g/mol. The number of benzene rings is 1. The smallest absolute Gasteiger partial charge is 0.0448 e. The summed E-state index contributed by atoms with van der Waals surface area (Å²) in [5, 5.41) is 13.1. The first-order chi connectivity index (χ1) is 8.43. The monoisotopic (exact) mass is 267 g/mol. The second-order valence-electron chi connectivity index (χ2n) is 5.52. The number of nitrogens with one attached hydrogen (secondary N) is 1. The fourth-order valence-electron chi connectivity index (χ4n) is 1.67. The predicted molar refractivity (Wildman–Crippen MR) is 80.1 cm³/mol. The minimum Gasteiger partial charge on any atom is -0.396 e. The van der Waals surface area contributed by atoms with E-state index >= 15 is 0 Å².